The van der Waals surface area contributed by atoms with Gasteiger partial charge in [-0.1, -0.05) is 31.5 Å². The number of aryl methyl sites for hydroxylation is 1. The second-order valence-electron chi connectivity index (χ2n) is 4.35. The van der Waals surface area contributed by atoms with Gasteiger partial charge in [0, 0.05) is 5.02 Å². The average molecular weight is 270 g/mol. The van der Waals surface area contributed by atoms with Crippen LogP contribution < -0.4 is 0 Å². The van der Waals surface area contributed by atoms with Crippen LogP contribution in [-0.4, -0.2) is 35.1 Å². The van der Waals surface area contributed by atoms with Gasteiger partial charge in [0.15, 0.2) is 0 Å². The highest BCUT2D eigenvalue weighted by atomic mass is 35.5. The van der Waals surface area contributed by atoms with Crippen LogP contribution in [0.15, 0.2) is 18.2 Å². The summed E-state index contributed by atoms with van der Waals surface area (Å²) in [6, 6.07) is 5.13. The zero-order valence-electron chi connectivity index (χ0n) is 11.1. The molecule has 3 nitrogen and oxygen atoms in total. The summed E-state index contributed by atoms with van der Waals surface area (Å²) >= 11 is 5.91. The monoisotopic (exact) mass is 269 g/mol. The summed E-state index contributed by atoms with van der Waals surface area (Å²) in [5.74, 6) is -0.770. The molecular weight excluding hydrogens is 250 g/mol. The Balaban J connectivity index is 2.93. The number of carboxylic acid groups (broad SMARTS) is 1. The Morgan fingerprint density at radius 1 is 1.39 bits per heavy atom. The standard InChI is InChI=1S/C14H20ClNO2/c1-4-16(5-2)13(14(17)18)9-11-6-7-12(15)8-10(11)3/h6-8,13H,4-5,9H2,1-3H3,(H,17,18). The lowest BCUT2D eigenvalue weighted by atomic mass is 10.00. The quantitative estimate of drug-likeness (QED) is 0.863. The number of hydrogen-bond donors (Lipinski definition) is 1. The molecule has 0 heterocycles. The van der Waals surface area contributed by atoms with E-state index in [1.165, 1.54) is 0 Å². The molecule has 1 aromatic rings. The molecule has 1 aromatic carbocycles. The molecule has 4 heteroatoms. The van der Waals surface area contributed by atoms with Gasteiger partial charge in [0.25, 0.3) is 0 Å². The highest BCUT2D eigenvalue weighted by Crippen LogP contribution is 2.18. The number of rotatable bonds is 6. The van der Waals surface area contributed by atoms with Crippen molar-refractivity contribution in [3.8, 4) is 0 Å². The van der Waals surface area contributed by atoms with Crippen molar-refractivity contribution in [3.63, 3.8) is 0 Å². The first kappa shape index (κ1) is 15.0. The Hall–Kier alpha value is -1.06. The van der Waals surface area contributed by atoms with E-state index in [1.807, 2.05) is 43.9 Å². The first-order valence-corrected chi connectivity index (χ1v) is 6.59. The van der Waals surface area contributed by atoms with Crippen LogP contribution in [0.5, 0.6) is 0 Å². The molecule has 0 fully saturated rings. The molecule has 0 amide bonds. The molecule has 1 N–H and O–H groups in total. The van der Waals surface area contributed by atoms with Crippen LogP contribution in [0.25, 0.3) is 0 Å². The predicted molar refractivity (Wildman–Crippen MR) is 74.2 cm³/mol. The summed E-state index contributed by atoms with van der Waals surface area (Å²) in [5, 5.41) is 10.0. The van der Waals surface area contributed by atoms with Gasteiger partial charge in [0.2, 0.25) is 0 Å². The Morgan fingerprint density at radius 2 is 2.00 bits per heavy atom. The maximum atomic E-state index is 11.4. The van der Waals surface area contributed by atoms with Crippen LogP contribution in [0.3, 0.4) is 0 Å². The minimum Gasteiger partial charge on any atom is -0.480 e. The van der Waals surface area contributed by atoms with E-state index in [0.29, 0.717) is 11.4 Å². The fourth-order valence-corrected chi connectivity index (χ4v) is 2.36. The molecule has 1 unspecified atom stereocenters. The third-order valence-corrected chi connectivity index (χ3v) is 3.49. The largest absolute Gasteiger partial charge is 0.480 e. The highest BCUT2D eigenvalue weighted by Gasteiger charge is 2.24. The molecule has 0 aliphatic heterocycles. The van der Waals surface area contributed by atoms with Crippen molar-refractivity contribution in [1.82, 2.24) is 4.90 Å². The summed E-state index contributed by atoms with van der Waals surface area (Å²) in [6.07, 6.45) is 0.514. The number of nitrogens with zero attached hydrogens (tertiary/aromatic N) is 1. The van der Waals surface area contributed by atoms with E-state index in [2.05, 4.69) is 0 Å². The van der Waals surface area contributed by atoms with Crippen molar-refractivity contribution < 1.29 is 9.90 Å². The molecule has 0 aliphatic rings. The number of hydrogen-bond acceptors (Lipinski definition) is 2. The molecule has 0 aromatic heterocycles. The zero-order valence-corrected chi connectivity index (χ0v) is 11.9. The van der Waals surface area contributed by atoms with Gasteiger partial charge in [0.1, 0.15) is 6.04 Å². The Kier molecular flexibility index (Phi) is 5.63. The van der Waals surface area contributed by atoms with E-state index in [9.17, 15) is 9.90 Å². The molecule has 100 valence electrons. The summed E-state index contributed by atoms with van der Waals surface area (Å²) in [4.78, 5) is 13.3. The summed E-state index contributed by atoms with van der Waals surface area (Å²) in [5.41, 5.74) is 2.08. The third kappa shape index (κ3) is 3.72. The van der Waals surface area contributed by atoms with Crippen LogP contribution in [-0.2, 0) is 11.2 Å². The molecule has 18 heavy (non-hydrogen) atoms. The van der Waals surface area contributed by atoms with Crippen molar-refractivity contribution in [2.45, 2.75) is 33.2 Å². The molecule has 0 saturated carbocycles. The first-order valence-electron chi connectivity index (χ1n) is 6.21. The van der Waals surface area contributed by atoms with Gasteiger partial charge in [-0.15, -0.1) is 0 Å². The number of carbonyl (C=O) groups is 1. The molecule has 1 atom stereocenters. The minimum absolute atomic E-state index is 0.472. The normalized spacial score (nSPS) is 12.7. The number of carboxylic acids is 1. The van der Waals surface area contributed by atoms with E-state index >= 15 is 0 Å². The maximum Gasteiger partial charge on any atom is 0.321 e. The van der Waals surface area contributed by atoms with Crippen molar-refractivity contribution in [2.24, 2.45) is 0 Å². The van der Waals surface area contributed by atoms with E-state index in [-0.39, 0.29) is 0 Å². The topological polar surface area (TPSA) is 40.5 Å². The molecule has 0 spiro atoms. The summed E-state index contributed by atoms with van der Waals surface area (Å²) < 4.78 is 0. The van der Waals surface area contributed by atoms with Crippen molar-refractivity contribution >= 4 is 17.6 Å². The molecule has 0 radical (unpaired) electrons. The maximum absolute atomic E-state index is 11.4. The van der Waals surface area contributed by atoms with Gasteiger partial charge in [-0.25, -0.2) is 0 Å². The summed E-state index contributed by atoms with van der Waals surface area (Å²) in [7, 11) is 0. The highest BCUT2D eigenvalue weighted by molar-refractivity contribution is 6.30. The average Bonchev–Trinajstić information content (AvgIpc) is 2.31. The van der Waals surface area contributed by atoms with Gasteiger partial charge in [0.05, 0.1) is 0 Å². The molecule has 1 rings (SSSR count). The van der Waals surface area contributed by atoms with Crippen LogP contribution >= 0.6 is 11.6 Å². The Morgan fingerprint density at radius 3 is 2.44 bits per heavy atom. The molecule has 0 aliphatic carbocycles. The number of likely N-dealkylation sites (N-methyl/N-ethyl adjacent to an activating group) is 1. The lowest BCUT2D eigenvalue weighted by molar-refractivity contribution is -0.143. The van der Waals surface area contributed by atoms with Crippen LogP contribution in [0.1, 0.15) is 25.0 Å². The lowest BCUT2D eigenvalue weighted by Crippen LogP contribution is -2.42. The van der Waals surface area contributed by atoms with Gasteiger partial charge in [-0.3, -0.25) is 9.69 Å². The molecule has 0 bridgehead atoms. The van der Waals surface area contributed by atoms with Crippen molar-refractivity contribution in [3.05, 3.63) is 34.3 Å². The minimum atomic E-state index is -0.770. The van der Waals surface area contributed by atoms with Crippen molar-refractivity contribution in [2.75, 3.05) is 13.1 Å². The Labute approximate surface area is 113 Å². The van der Waals surface area contributed by atoms with Gasteiger partial charge >= 0.3 is 5.97 Å². The van der Waals surface area contributed by atoms with E-state index in [0.717, 1.165) is 24.2 Å². The third-order valence-electron chi connectivity index (χ3n) is 3.26. The Bertz CT molecular complexity index is 416. The van der Waals surface area contributed by atoms with Gasteiger partial charge < -0.3 is 5.11 Å². The predicted octanol–water partition coefficient (Wildman–Crippen LogP) is 2.99. The van der Waals surface area contributed by atoms with Crippen LogP contribution in [0, 0.1) is 6.92 Å². The van der Waals surface area contributed by atoms with Crippen molar-refractivity contribution in [1.29, 1.82) is 0 Å². The van der Waals surface area contributed by atoms with Crippen LogP contribution in [0.4, 0.5) is 0 Å². The van der Waals surface area contributed by atoms with Gasteiger partial charge in [-0.05, 0) is 49.7 Å². The van der Waals surface area contributed by atoms with E-state index in [1.54, 1.807) is 0 Å². The second-order valence-corrected chi connectivity index (χ2v) is 4.79. The number of aliphatic carboxylic acids is 1. The van der Waals surface area contributed by atoms with Crippen LogP contribution in [0.2, 0.25) is 5.02 Å². The lowest BCUT2D eigenvalue weighted by Gasteiger charge is -2.26. The zero-order chi connectivity index (χ0) is 13.7. The smallest absolute Gasteiger partial charge is 0.321 e. The molecule has 0 saturated heterocycles. The summed E-state index contributed by atoms with van der Waals surface area (Å²) in [6.45, 7) is 7.39. The number of benzene rings is 1. The fraction of sp³-hybridized carbons (Fsp3) is 0.500. The molecular formula is C14H20ClNO2. The van der Waals surface area contributed by atoms with E-state index < -0.39 is 12.0 Å². The van der Waals surface area contributed by atoms with Gasteiger partial charge in [-0.2, -0.15) is 0 Å². The fourth-order valence-electron chi connectivity index (χ4n) is 2.13. The second kappa shape index (κ2) is 6.76. The SMILES string of the molecule is CCN(CC)C(Cc1ccc(Cl)cc1C)C(=O)O. The van der Waals surface area contributed by atoms with E-state index in [4.69, 9.17) is 11.6 Å². The number of halogens is 1. The first-order chi connectivity index (χ1) is 8.49.